The quantitative estimate of drug-likeness (QED) is 0.191. The molecule has 0 amide bonds. The number of nitrogens with one attached hydrogen (secondary N) is 1. The summed E-state index contributed by atoms with van der Waals surface area (Å²) < 4.78 is 2.05. The number of benzene rings is 4. The van der Waals surface area contributed by atoms with Gasteiger partial charge in [0, 0.05) is 74.5 Å². The van der Waals surface area contributed by atoms with Gasteiger partial charge < -0.3 is 9.55 Å². The molecule has 2 aliphatic heterocycles. The Morgan fingerprint density at radius 2 is 0.875 bits per heavy atom. The highest BCUT2D eigenvalue weighted by atomic mass is 35.5. The maximum Gasteiger partial charge on any atom is 0.0737 e. The van der Waals surface area contributed by atoms with Crippen molar-refractivity contribution in [2.24, 2.45) is 0 Å². The summed E-state index contributed by atoms with van der Waals surface area (Å²) in [5.41, 5.74) is 10.3. The maximum atomic E-state index is 7.23. The second kappa shape index (κ2) is 14.9. The number of rotatable bonds is 4. The molecule has 5 heterocycles. The van der Waals surface area contributed by atoms with Gasteiger partial charge in [-0.15, -0.1) is 0 Å². The van der Waals surface area contributed by atoms with Crippen molar-refractivity contribution in [3.63, 3.8) is 0 Å². The van der Waals surface area contributed by atoms with Gasteiger partial charge in [-0.3, -0.25) is 0 Å². The summed E-state index contributed by atoms with van der Waals surface area (Å²) in [7, 11) is 0. The molecule has 274 valence electrons. The van der Waals surface area contributed by atoms with Gasteiger partial charge in [-0.05, 0) is 109 Å². The van der Waals surface area contributed by atoms with Crippen LogP contribution in [-0.4, -0.2) is 19.5 Å². The second-order valence-corrected chi connectivity index (χ2v) is 16.4. The number of aromatic amines is 1. The first-order chi connectivity index (χ1) is 27.0. The highest BCUT2D eigenvalue weighted by Gasteiger charge is 2.29. The summed E-state index contributed by atoms with van der Waals surface area (Å²) in [5, 5.41) is 3.41. The van der Waals surface area contributed by atoms with Crippen LogP contribution in [0.25, 0.3) is 85.4 Å². The average Bonchev–Trinajstić information content (AvgIpc) is 3.95. The molecule has 56 heavy (non-hydrogen) atoms. The molecule has 9 rings (SSSR count). The molecular weight excluding hydrogens is 868 g/mol. The van der Waals surface area contributed by atoms with Crippen molar-refractivity contribution < 1.29 is 0 Å². The minimum Gasteiger partial charge on any atom is -0.355 e. The van der Waals surface area contributed by atoms with Crippen molar-refractivity contribution in [2.45, 2.75) is 0 Å². The Kier molecular flexibility index (Phi) is 9.98. The van der Waals surface area contributed by atoms with Crippen LogP contribution >= 0.6 is 92.8 Å². The number of hydrogen-bond acceptors (Lipinski definition) is 2. The summed E-state index contributed by atoms with van der Waals surface area (Å²) in [6, 6.07) is 31.4. The number of aromatic nitrogens is 4. The Balaban J connectivity index is 1.66. The van der Waals surface area contributed by atoms with E-state index in [9.17, 15) is 0 Å². The largest absolute Gasteiger partial charge is 0.355 e. The Labute approximate surface area is 361 Å². The molecule has 7 aromatic rings. The van der Waals surface area contributed by atoms with Gasteiger partial charge in [-0.25, -0.2) is 9.97 Å². The fraction of sp³-hybridized carbons (Fsp3) is 0. The minimum absolute atomic E-state index is 0.373. The summed E-state index contributed by atoms with van der Waals surface area (Å²) in [4.78, 5) is 13.7. The molecule has 4 nitrogen and oxygen atoms in total. The smallest absolute Gasteiger partial charge is 0.0737 e. The normalized spacial score (nSPS) is 12.1. The second-order valence-electron chi connectivity index (χ2n) is 13.0. The molecule has 12 heteroatoms. The first kappa shape index (κ1) is 37.4. The van der Waals surface area contributed by atoms with Gasteiger partial charge >= 0.3 is 0 Å². The molecular formula is C44H22Cl8N4. The van der Waals surface area contributed by atoms with Crippen LogP contribution in [0.15, 0.2) is 103 Å². The summed E-state index contributed by atoms with van der Waals surface area (Å²) >= 11 is 55.0. The van der Waals surface area contributed by atoms with Crippen molar-refractivity contribution in [3.8, 4) is 39.1 Å². The molecule has 1 N–H and O–H groups in total. The predicted molar refractivity (Wildman–Crippen MR) is 240 cm³/mol. The number of nitrogens with zero attached hydrogens (tertiary/aromatic N) is 3. The van der Waals surface area contributed by atoms with Crippen molar-refractivity contribution in [2.75, 3.05) is 0 Å². The van der Waals surface area contributed by atoms with E-state index in [1.54, 1.807) is 48.5 Å². The lowest BCUT2D eigenvalue weighted by molar-refractivity contribution is 1.17. The highest BCUT2D eigenvalue weighted by molar-refractivity contribution is 6.40. The molecule has 0 saturated carbocycles. The molecule has 0 unspecified atom stereocenters. The molecule has 8 bridgehead atoms. The standard InChI is InChI=1S/C44H22Cl8N4/c45-22-1-10-31(34(49)15-22)41-38-13-9-29(55-38)20-28-6-5-26(53-28)19-27-7-8-30(54-27)21-40-42(32-11-2-23(46)16-35(32)50)43(33-12-3-24(47)17-36(33)51)44(41)56(40)39-14-4-25(48)18-37(39)52/h1-21,53H. The third kappa shape index (κ3) is 6.93. The maximum absolute atomic E-state index is 7.23. The zero-order chi connectivity index (χ0) is 38.8. The summed E-state index contributed by atoms with van der Waals surface area (Å²) in [6.07, 6.45) is 7.82. The van der Waals surface area contributed by atoms with Gasteiger partial charge in [0.1, 0.15) is 0 Å². The molecule has 0 radical (unpaired) electrons. The zero-order valence-electron chi connectivity index (χ0n) is 28.5. The topological polar surface area (TPSA) is 46.5 Å². The first-order valence-electron chi connectivity index (χ1n) is 17.0. The average molecular weight is 890 g/mol. The van der Waals surface area contributed by atoms with Crippen LogP contribution < -0.4 is 0 Å². The number of halogens is 8. The van der Waals surface area contributed by atoms with Crippen LogP contribution in [0, 0.1) is 0 Å². The van der Waals surface area contributed by atoms with Gasteiger partial charge in [0.25, 0.3) is 0 Å². The van der Waals surface area contributed by atoms with Crippen LogP contribution in [0.1, 0.15) is 22.8 Å². The van der Waals surface area contributed by atoms with Crippen molar-refractivity contribution in [1.29, 1.82) is 0 Å². The lowest BCUT2D eigenvalue weighted by atomic mass is 9.93. The predicted octanol–water partition coefficient (Wildman–Crippen LogP) is 16.3. The van der Waals surface area contributed by atoms with E-state index in [1.807, 2.05) is 78.9 Å². The van der Waals surface area contributed by atoms with E-state index in [1.165, 1.54) is 0 Å². The third-order valence-corrected chi connectivity index (χ3v) is 11.6. The molecule has 0 aliphatic carbocycles. The number of H-pyrrole nitrogens is 1. The fourth-order valence-corrected chi connectivity index (χ4v) is 9.09. The molecule has 0 fully saturated rings. The van der Waals surface area contributed by atoms with Gasteiger partial charge in [-0.1, -0.05) is 111 Å². The van der Waals surface area contributed by atoms with Crippen LogP contribution in [0.2, 0.25) is 40.2 Å². The van der Waals surface area contributed by atoms with Crippen LogP contribution in [0.5, 0.6) is 0 Å². The molecule has 3 aromatic heterocycles. The SMILES string of the molecule is Clc1ccc(-c2c(-c3ccc(Cl)cc3Cl)c3c(-c4ccc(Cl)cc4Cl)c4nc(cc5ccc(cc6nc(cc2n3-c2ccc(Cl)cc2Cl)C=C6)[nH]5)C=C4)c(Cl)c1. The van der Waals surface area contributed by atoms with Crippen molar-refractivity contribution in [1.82, 2.24) is 19.5 Å². The van der Waals surface area contributed by atoms with E-state index in [0.29, 0.717) is 107 Å². The number of fused-ring (bicyclic) bond motifs is 8. The van der Waals surface area contributed by atoms with Gasteiger partial charge in [-0.2, -0.15) is 0 Å². The van der Waals surface area contributed by atoms with Crippen LogP contribution in [0.4, 0.5) is 0 Å². The fourth-order valence-electron chi connectivity index (χ4n) is 7.08. The van der Waals surface area contributed by atoms with E-state index < -0.39 is 0 Å². The van der Waals surface area contributed by atoms with E-state index in [4.69, 9.17) is 103 Å². The summed E-state index contributed by atoms with van der Waals surface area (Å²) in [5.74, 6) is 0. The lowest BCUT2D eigenvalue weighted by Gasteiger charge is -2.16. The minimum atomic E-state index is 0.373. The van der Waals surface area contributed by atoms with E-state index in [2.05, 4.69) is 9.55 Å². The van der Waals surface area contributed by atoms with Crippen molar-refractivity contribution in [3.05, 3.63) is 166 Å². The van der Waals surface area contributed by atoms with E-state index in [-0.39, 0.29) is 0 Å². The molecule has 0 spiro atoms. The van der Waals surface area contributed by atoms with Crippen LogP contribution in [0.3, 0.4) is 0 Å². The van der Waals surface area contributed by atoms with E-state index in [0.717, 1.165) is 16.7 Å². The highest BCUT2D eigenvalue weighted by Crippen LogP contribution is 2.52. The Morgan fingerprint density at radius 1 is 0.411 bits per heavy atom. The molecule has 0 atom stereocenters. The number of hydrogen-bond donors (Lipinski definition) is 1. The monoisotopic (exact) mass is 886 g/mol. The molecule has 0 saturated heterocycles. The third-order valence-electron chi connectivity index (χ3n) is 9.42. The van der Waals surface area contributed by atoms with Gasteiger partial charge in [0.05, 0.1) is 49.5 Å². The Bertz CT molecular complexity index is 3030. The van der Waals surface area contributed by atoms with Crippen LogP contribution in [-0.2, 0) is 0 Å². The Morgan fingerprint density at radius 3 is 1.43 bits per heavy atom. The molecule has 4 aromatic carbocycles. The summed E-state index contributed by atoms with van der Waals surface area (Å²) in [6.45, 7) is 0. The molecule has 2 aliphatic rings. The van der Waals surface area contributed by atoms with Crippen molar-refractivity contribution >= 4 is 139 Å². The first-order valence-corrected chi connectivity index (χ1v) is 20.0. The lowest BCUT2D eigenvalue weighted by Crippen LogP contribution is -1.99. The van der Waals surface area contributed by atoms with Gasteiger partial charge in [0.2, 0.25) is 0 Å². The zero-order valence-corrected chi connectivity index (χ0v) is 34.5. The Hall–Kier alpha value is -4.20. The van der Waals surface area contributed by atoms with E-state index >= 15 is 0 Å². The van der Waals surface area contributed by atoms with Gasteiger partial charge in [0.15, 0.2) is 0 Å².